The summed E-state index contributed by atoms with van der Waals surface area (Å²) >= 11 is 0. The molecule has 10 saturated heterocycles. The molecule has 11 aliphatic rings. The maximum Gasteiger partial charge on any atom is 0.152 e. The Morgan fingerprint density at radius 1 is 0.441 bits per heavy atom. The molecule has 8 unspecified atom stereocenters. The van der Waals surface area contributed by atoms with Crippen molar-refractivity contribution in [3.8, 4) is 0 Å². The number of likely N-dealkylation sites (N-methyl/N-ethyl adjacent to an activating group) is 1. The lowest BCUT2D eigenvalue weighted by Gasteiger charge is -2.48. The van der Waals surface area contributed by atoms with Crippen LogP contribution in [0.3, 0.4) is 0 Å². The van der Waals surface area contributed by atoms with Gasteiger partial charge in [-0.25, -0.2) is 8.42 Å². The highest BCUT2D eigenvalue weighted by Gasteiger charge is 2.52. The van der Waals surface area contributed by atoms with Crippen molar-refractivity contribution in [2.75, 3.05) is 71.0 Å². The number of hydrogen-bond donors (Lipinski definition) is 0. The van der Waals surface area contributed by atoms with E-state index >= 15 is 0 Å². The molecular formula is C57H111N7O3S. The molecule has 0 radical (unpaired) electrons. The Balaban J connectivity index is 0.000000134. The van der Waals surface area contributed by atoms with Gasteiger partial charge in [-0.05, 0) is 198 Å². The van der Waals surface area contributed by atoms with Crippen LogP contribution in [0.25, 0.3) is 0 Å². The average Bonchev–Trinajstić information content (AvgIpc) is 3.65. The van der Waals surface area contributed by atoms with Gasteiger partial charge in [0.05, 0.1) is 24.7 Å². The first-order valence-electron chi connectivity index (χ1n) is 29.2. The Hall–Kier alpha value is -0.370. The lowest BCUT2D eigenvalue weighted by molar-refractivity contribution is -0.0293. The second-order valence-corrected chi connectivity index (χ2v) is 28.2. The molecule has 8 atom stereocenters. The molecule has 1 aliphatic carbocycles. The normalized spacial score (nSPS) is 37.0. The summed E-state index contributed by atoms with van der Waals surface area (Å²) in [6, 6.07) is 11.2. The van der Waals surface area contributed by atoms with Crippen LogP contribution in [0.1, 0.15) is 199 Å². The van der Waals surface area contributed by atoms with Gasteiger partial charge >= 0.3 is 0 Å². The predicted molar refractivity (Wildman–Crippen MR) is 289 cm³/mol. The Kier molecular flexibility index (Phi) is 21.5. The molecule has 11 heteroatoms. The number of likely N-dealkylation sites (tertiary alicyclic amines) is 2. The van der Waals surface area contributed by atoms with Crippen LogP contribution in [0.4, 0.5) is 0 Å². The van der Waals surface area contributed by atoms with Gasteiger partial charge < -0.3 is 14.5 Å². The van der Waals surface area contributed by atoms with Gasteiger partial charge in [0, 0.05) is 117 Å². The maximum absolute atomic E-state index is 11.0. The van der Waals surface area contributed by atoms with E-state index in [0.717, 1.165) is 97.0 Å². The lowest BCUT2D eigenvalue weighted by Crippen LogP contribution is -2.54. The molecule has 1 saturated carbocycles. The van der Waals surface area contributed by atoms with Crippen LogP contribution < -0.4 is 0 Å². The molecule has 68 heavy (non-hydrogen) atoms. The molecule has 11 rings (SSSR count). The number of piperazine rings is 1. The van der Waals surface area contributed by atoms with Crippen LogP contribution in [0.5, 0.6) is 0 Å². The van der Waals surface area contributed by atoms with Crippen molar-refractivity contribution in [1.82, 2.24) is 34.3 Å². The predicted octanol–water partition coefficient (Wildman–Crippen LogP) is 9.90. The van der Waals surface area contributed by atoms with Crippen LogP contribution >= 0.6 is 0 Å². The van der Waals surface area contributed by atoms with Crippen molar-refractivity contribution in [2.45, 2.75) is 284 Å². The van der Waals surface area contributed by atoms with Gasteiger partial charge in [-0.1, -0.05) is 26.2 Å². The Morgan fingerprint density at radius 3 is 1.15 bits per heavy atom. The molecule has 10 heterocycles. The summed E-state index contributed by atoms with van der Waals surface area (Å²) < 4.78 is 27.5. The summed E-state index contributed by atoms with van der Waals surface area (Å²) in [5.74, 6) is 1.72. The third-order valence-electron chi connectivity index (χ3n) is 18.9. The molecule has 0 aromatic rings. The van der Waals surface area contributed by atoms with E-state index in [4.69, 9.17) is 4.74 Å². The van der Waals surface area contributed by atoms with Crippen molar-refractivity contribution >= 4 is 9.84 Å². The summed E-state index contributed by atoms with van der Waals surface area (Å²) in [7, 11) is -0.438. The quantitative estimate of drug-likeness (QED) is 0.257. The number of ether oxygens (including phenoxy) is 1. The highest BCUT2D eigenvalue weighted by molar-refractivity contribution is 7.91. The molecule has 11 fully saturated rings. The van der Waals surface area contributed by atoms with E-state index in [1.54, 1.807) is 0 Å². The Bertz CT molecular complexity index is 1480. The first-order valence-corrected chi connectivity index (χ1v) is 31.0. The molecular weight excluding hydrogens is 863 g/mol. The fourth-order valence-electron chi connectivity index (χ4n) is 15.3. The average molecular weight is 975 g/mol. The van der Waals surface area contributed by atoms with E-state index in [-0.39, 0.29) is 0 Å². The minimum atomic E-state index is -2.69. The minimum Gasteiger partial charge on any atom is -0.378 e. The molecule has 0 aromatic carbocycles. The molecule has 10 aliphatic heterocycles. The second kappa shape index (κ2) is 25.7. The largest absolute Gasteiger partial charge is 0.378 e. The van der Waals surface area contributed by atoms with Crippen molar-refractivity contribution in [1.29, 1.82) is 0 Å². The molecule has 8 bridgehead atoms. The minimum absolute atomic E-state index is 0.338. The number of rotatable bonds is 6. The van der Waals surface area contributed by atoms with Crippen LogP contribution in [0, 0.1) is 11.3 Å². The molecule has 0 amide bonds. The summed E-state index contributed by atoms with van der Waals surface area (Å²) in [5.41, 5.74) is 0.769. The third kappa shape index (κ3) is 15.4. The molecule has 0 spiro atoms. The van der Waals surface area contributed by atoms with E-state index in [0.29, 0.717) is 36.7 Å². The van der Waals surface area contributed by atoms with E-state index < -0.39 is 9.84 Å². The van der Waals surface area contributed by atoms with Crippen molar-refractivity contribution in [3.05, 3.63) is 0 Å². The highest BCUT2D eigenvalue weighted by atomic mass is 32.2. The smallest absolute Gasteiger partial charge is 0.152 e. The summed E-state index contributed by atoms with van der Waals surface area (Å²) in [6.07, 6.45) is 24.7. The zero-order valence-corrected chi connectivity index (χ0v) is 47.8. The summed E-state index contributed by atoms with van der Waals surface area (Å²) in [6.45, 7) is 38.5. The van der Waals surface area contributed by atoms with Gasteiger partial charge in [0.2, 0.25) is 0 Å². The van der Waals surface area contributed by atoms with Crippen LogP contribution in [-0.4, -0.2) is 198 Å². The van der Waals surface area contributed by atoms with Gasteiger partial charge in [-0.2, -0.15) is 0 Å². The first-order chi connectivity index (χ1) is 32.2. The summed E-state index contributed by atoms with van der Waals surface area (Å²) in [5, 5.41) is 0. The number of fused-ring (bicyclic) bond motifs is 9. The fourth-order valence-corrected chi connectivity index (χ4v) is 16.5. The Morgan fingerprint density at radius 2 is 0.794 bits per heavy atom. The van der Waals surface area contributed by atoms with Crippen LogP contribution in [0.2, 0.25) is 0 Å². The lowest BCUT2D eigenvalue weighted by atomic mass is 9.83. The van der Waals surface area contributed by atoms with Gasteiger partial charge in [0.1, 0.15) is 0 Å². The van der Waals surface area contributed by atoms with E-state index in [1.807, 2.05) is 0 Å². The van der Waals surface area contributed by atoms with Crippen molar-refractivity contribution in [3.63, 3.8) is 0 Å². The van der Waals surface area contributed by atoms with Crippen molar-refractivity contribution in [2.24, 2.45) is 11.3 Å². The van der Waals surface area contributed by atoms with Crippen LogP contribution in [-0.2, 0) is 14.6 Å². The van der Waals surface area contributed by atoms with Gasteiger partial charge in [-0.3, -0.25) is 24.5 Å². The van der Waals surface area contributed by atoms with Gasteiger partial charge in [-0.15, -0.1) is 0 Å². The topological polar surface area (TPSA) is 66.1 Å². The molecule has 0 aromatic heterocycles. The van der Waals surface area contributed by atoms with Crippen LogP contribution in [0.15, 0.2) is 0 Å². The molecule has 0 N–H and O–H groups in total. The van der Waals surface area contributed by atoms with E-state index in [2.05, 4.69) is 131 Å². The highest BCUT2D eigenvalue weighted by Crippen LogP contribution is 2.57. The molecule has 398 valence electrons. The zero-order chi connectivity index (χ0) is 49.5. The number of piperidine rings is 4. The van der Waals surface area contributed by atoms with E-state index in [1.165, 1.54) is 135 Å². The SMILES string of the molecule is CC(C)N1C2CCC1CN(C)C2.CC(C)N1C2CCC1COC2.CC(C)N1C2CCCC1CC2.CC(C)N1C2CCCC1CCC2.CC(C)N1CCC2(C)CC2C1.CC(C)N1CCS(=O)(=O)CC1. The zero-order valence-electron chi connectivity index (χ0n) is 47.0. The Labute approximate surface area is 421 Å². The third-order valence-corrected chi connectivity index (χ3v) is 20.6. The standard InChI is InChI=1S/C11H21N.C10H20N2.2C10H19N.C9H17NO.C7H15NO2S/c1-9(2)12-10-5-3-6-11(12)8-4-7-10;1-8(2)12-9-4-5-10(12)7-11(3)6-9;1-8(2)11-5-4-10(3)6-9(10)7-11;1-8(2)11-9-4-3-5-10(11)7-6-9;1-7(2)10-8-3-4-9(10)6-11-5-8;1-7(2)8-3-5-11(9,10)6-4-8/h9-11H,3-8H2,1-2H3;8-10H,4-7H2,1-3H3;8-9H,4-7H2,1-3H3;8-10H,3-7H2,1-2H3;7-9H,3-6H2,1-2H3;7H,3-6H2,1-2H3. The number of morpholine rings is 1. The van der Waals surface area contributed by atoms with Gasteiger partial charge in [0.15, 0.2) is 9.84 Å². The van der Waals surface area contributed by atoms with E-state index in [9.17, 15) is 8.42 Å². The molecule has 10 nitrogen and oxygen atoms in total. The monoisotopic (exact) mass is 974 g/mol. The number of sulfone groups is 1. The number of nitrogens with zero attached hydrogens (tertiary/aromatic N) is 7. The van der Waals surface area contributed by atoms with Crippen molar-refractivity contribution < 1.29 is 13.2 Å². The maximum atomic E-state index is 11.0. The summed E-state index contributed by atoms with van der Waals surface area (Å²) in [4.78, 5) is 18.2. The second-order valence-electron chi connectivity index (χ2n) is 25.9. The first kappa shape index (κ1) is 56.9. The number of hydrogen-bond acceptors (Lipinski definition) is 10. The van der Waals surface area contributed by atoms with Gasteiger partial charge in [0.25, 0.3) is 0 Å². The fraction of sp³-hybridized carbons (Fsp3) is 1.00.